The van der Waals surface area contributed by atoms with Gasteiger partial charge in [-0.1, -0.05) is 0 Å². The Hall–Kier alpha value is -2.39. The van der Waals surface area contributed by atoms with Gasteiger partial charge in [-0.25, -0.2) is 10.4 Å². The zero-order valence-corrected chi connectivity index (χ0v) is 17.0. The first-order valence-electron chi connectivity index (χ1n) is 9.49. The van der Waals surface area contributed by atoms with Gasteiger partial charge in [0.25, 0.3) is 0 Å². The van der Waals surface area contributed by atoms with Crippen LogP contribution < -0.4 is 31.0 Å². The van der Waals surface area contributed by atoms with Gasteiger partial charge in [0.1, 0.15) is 17.5 Å². The second kappa shape index (κ2) is 9.89. The maximum Gasteiger partial charge on any atom is 0.239 e. The molecular formula is C20H26ClN5O3. The topological polar surface area (TPSA) is 96.5 Å². The maximum atomic E-state index is 12.6. The second-order valence-corrected chi connectivity index (χ2v) is 7.03. The second-order valence-electron chi connectivity index (χ2n) is 7.03. The minimum atomic E-state index is -0.227. The van der Waals surface area contributed by atoms with Gasteiger partial charge < -0.3 is 20.1 Å². The summed E-state index contributed by atoms with van der Waals surface area (Å²) >= 11 is 0. The van der Waals surface area contributed by atoms with Gasteiger partial charge in [-0.3, -0.25) is 10.2 Å². The number of hydrogen-bond donors (Lipinski definition) is 4. The smallest absolute Gasteiger partial charge is 0.239 e. The van der Waals surface area contributed by atoms with Gasteiger partial charge in [0.05, 0.1) is 7.11 Å². The lowest BCUT2D eigenvalue weighted by Crippen LogP contribution is -2.49. The Labute approximate surface area is 176 Å². The molecule has 0 spiro atoms. The highest BCUT2D eigenvalue weighted by molar-refractivity contribution is 5.85. The lowest BCUT2D eigenvalue weighted by atomic mass is 9.89. The highest BCUT2D eigenvalue weighted by Crippen LogP contribution is 2.23. The number of ether oxygens (including phenoxy) is 2. The fourth-order valence-electron chi connectivity index (χ4n) is 3.66. The number of nitrogens with one attached hydrogen (secondary N) is 4. The van der Waals surface area contributed by atoms with E-state index in [4.69, 9.17) is 9.47 Å². The summed E-state index contributed by atoms with van der Waals surface area (Å²) in [5, 5.41) is 6.37. The molecule has 2 aromatic rings. The number of pyridine rings is 1. The van der Waals surface area contributed by atoms with Crippen LogP contribution in [0.15, 0.2) is 42.6 Å². The number of nitrogens with zero attached hydrogens (tertiary/aromatic N) is 1. The molecule has 2 aliphatic heterocycles. The van der Waals surface area contributed by atoms with E-state index in [0.717, 1.165) is 30.8 Å². The van der Waals surface area contributed by atoms with Crippen LogP contribution in [0.1, 0.15) is 12.0 Å². The van der Waals surface area contributed by atoms with E-state index in [1.54, 1.807) is 13.3 Å². The molecule has 0 saturated carbocycles. The van der Waals surface area contributed by atoms with Crippen molar-refractivity contribution in [1.82, 2.24) is 26.5 Å². The Morgan fingerprint density at radius 2 is 2.00 bits per heavy atom. The molecule has 1 aromatic heterocycles. The standard InChI is InChI=1S/C20H25N5O3.ClH/c1-27-14-2-4-15(5-3-14)28-18-10-13(6-9-22-18)11-23-20(26)19-16-12-21-8-7-17(16)24-25-19;/h2-6,9-10,16-17,19,21,24-25H,7-8,11-12H2,1H3,(H,23,26);1H. The fourth-order valence-corrected chi connectivity index (χ4v) is 3.66. The molecule has 3 atom stereocenters. The van der Waals surface area contributed by atoms with Crippen molar-refractivity contribution in [2.75, 3.05) is 20.2 Å². The first-order chi connectivity index (χ1) is 13.7. The molecule has 4 rings (SSSR count). The normalized spacial score (nSPS) is 22.9. The number of fused-ring (bicyclic) bond motifs is 1. The van der Waals surface area contributed by atoms with Crippen molar-refractivity contribution in [3.63, 3.8) is 0 Å². The Bertz CT molecular complexity index is 820. The van der Waals surface area contributed by atoms with Crippen LogP contribution in [0.5, 0.6) is 17.4 Å². The van der Waals surface area contributed by atoms with E-state index in [1.165, 1.54) is 0 Å². The molecule has 2 aliphatic rings. The molecule has 156 valence electrons. The third kappa shape index (κ3) is 5.16. The summed E-state index contributed by atoms with van der Waals surface area (Å²) in [5.74, 6) is 2.18. The third-order valence-electron chi connectivity index (χ3n) is 5.21. The van der Waals surface area contributed by atoms with Gasteiger partial charge in [0.2, 0.25) is 11.8 Å². The number of halogens is 1. The zero-order valence-electron chi connectivity index (χ0n) is 16.2. The molecule has 2 saturated heterocycles. The number of rotatable bonds is 6. The highest BCUT2D eigenvalue weighted by Gasteiger charge is 2.40. The van der Waals surface area contributed by atoms with E-state index in [2.05, 4.69) is 26.5 Å². The van der Waals surface area contributed by atoms with Crippen LogP contribution in [-0.2, 0) is 11.3 Å². The van der Waals surface area contributed by atoms with Crippen molar-refractivity contribution in [3.05, 3.63) is 48.2 Å². The molecular weight excluding hydrogens is 394 g/mol. The molecule has 4 N–H and O–H groups in total. The molecule has 1 amide bonds. The molecule has 0 radical (unpaired) electrons. The summed E-state index contributed by atoms with van der Waals surface area (Å²) in [6.07, 6.45) is 2.70. The Kier molecular flexibility index (Phi) is 7.27. The summed E-state index contributed by atoms with van der Waals surface area (Å²) in [6.45, 7) is 2.25. The monoisotopic (exact) mass is 419 g/mol. The van der Waals surface area contributed by atoms with Crippen LogP contribution in [0.2, 0.25) is 0 Å². The molecule has 3 heterocycles. The quantitative estimate of drug-likeness (QED) is 0.561. The largest absolute Gasteiger partial charge is 0.497 e. The van der Waals surface area contributed by atoms with Crippen LogP contribution in [0, 0.1) is 5.92 Å². The van der Waals surface area contributed by atoms with Crippen molar-refractivity contribution in [2.24, 2.45) is 5.92 Å². The van der Waals surface area contributed by atoms with Gasteiger partial charge >= 0.3 is 0 Å². The van der Waals surface area contributed by atoms with Gasteiger partial charge in [0, 0.05) is 37.3 Å². The van der Waals surface area contributed by atoms with Gasteiger partial charge in [-0.05, 0) is 48.9 Å². The van der Waals surface area contributed by atoms with E-state index in [-0.39, 0.29) is 30.3 Å². The Morgan fingerprint density at radius 1 is 1.21 bits per heavy atom. The van der Waals surface area contributed by atoms with Crippen molar-refractivity contribution in [2.45, 2.75) is 25.0 Å². The summed E-state index contributed by atoms with van der Waals surface area (Å²) < 4.78 is 10.9. The van der Waals surface area contributed by atoms with E-state index < -0.39 is 0 Å². The predicted molar refractivity (Wildman–Crippen MR) is 111 cm³/mol. The maximum absolute atomic E-state index is 12.6. The first-order valence-corrected chi connectivity index (χ1v) is 9.49. The van der Waals surface area contributed by atoms with Gasteiger partial charge in [0.15, 0.2) is 0 Å². The molecule has 3 unspecified atom stereocenters. The number of hydrazine groups is 1. The number of amides is 1. The number of piperidine rings is 1. The number of aromatic nitrogens is 1. The highest BCUT2D eigenvalue weighted by atomic mass is 35.5. The SMILES string of the molecule is COc1ccc(Oc2cc(CNC(=O)C3NNC4CCNCC43)ccn2)cc1.Cl. The van der Waals surface area contributed by atoms with E-state index >= 15 is 0 Å². The van der Waals surface area contributed by atoms with Gasteiger partial charge in [-0.2, -0.15) is 0 Å². The lowest BCUT2D eigenvalue weighted by molar-refractivity contribution is -0.124. The fraction of sp³-hybridized carbons (Fsp3) is 0.400. The molecule has 0 aliphatic carbocycles. The van der Waals surface area contributed by atoms with Crippen molar-refractivity contribution in [1.29, 1.82) is 0 Å². The van der Waals surface area contributed by atoms with E-state index in [0.29, 0.717) is 24.2 Å². The molecule has 1 aromatic carbocycles. The number of methoxy groups -OCH3 is 1. The summed E-state index contributed by atoms with van der Waals surface area (Å²) in [6, 6.07) is 11.1. The number of carbonyl (C=O) groups is 1. The van der Waals surface area contributed by atoms with Crippen molar-refractivity contribution >= 4 is 18.3 Å². The average Bonchev–Trinajstić information content (AvgIpc) is 3.17. The zero-order chi connectivity index (χ0) is 19.3. The Balaban J connectivity index is 0.00000240. The van der Waals surface area contributed by atoms with Crippen LogP contribution in [0.4, 0.5) is 0 Å². The molecule has 29 heavy (non-hydrogen) atoms. The molecule has 9 heteroatoms. The minimum absolute atomic E-state index is 0. The Morgan fingerprint density at radius 3 is 2.79 bits per heavy atom. The number of benzene rings is 1. The van der Waals surface area contributed by atoms with Crippen LogP contribution in [0.25, 0.3) is 0 Å². The number of carbonyl (C=O) groups excluding carboxylic acids is 1. The van der Waals surface area contributed by atoms with Crippen LogP contribution in [0.3, 0.4) is 0 Å². The summed E-state index contributed by atoms with van der Waals surface area (Å²) in [4.78, 5) is 16.8. The lowest BCUT2D eigenvalue weighted by Gasteiger charge is -2.27. The summed E-state index contributed by atoms with van der Waals surface area (Å²) in [5.41, 5.74) is 7.31. The minimum Gasteiger partial charge on any atom is -0.497 e. The number of hydrogen-bond acceptors (Lipinski definition) is 7. The van der Waals surface area contributed by atoms with Crippen LogP contribution in [-0.4, -0.2) is 43.2 Å². The van der Waals surface area contributed by atoms with Crippen molar-refractivity contribution in [3.8, 4) is 17.4 Å². The van der Waals surface area contributed by atoms with Crippen molar-refractivity contribution < 1.29 is 14.3 Å². The molecule has 2 fully saturated rings. The van der Waals surface area contributed by atoms with E-state index in [9.17, 15) is 4.79 Å². The summed E-state index contributed by atoms with van der Waals surface area (Å²) in [7, 11) is 1.62. The van der Waals surface area contributed by atoms with Gasteiger partial charge in [-0.15, -0.1) is 12.4 Å². The average molecular weight is 420 g/mol. The first kappa shape index (κ1) is 21.3. The van der Waals surface area contributed by atoms with E-state index in [1.807, 2.05) is 36.4 Å². The molecule has 8 nitrogen and oxygen atoms in total. The predicted octanol–water partition coefficient (Wildman–Crippen LogP) is 1.38. The van der Waals surface area contributed by atoms with Crippen LogP contribution >= 0.6 is 12.4 Å². The molecule has 0 bridgehead atoms. The third-order valence-corrected chi connectivity index (χ3v) is 5.21.